The van der Waals surface area contributed by atoms with Crippen LogP contribution in [0.1, 0.15) is 92.4 Å². The van der Waals surface area contributed by atoms with E-state index in [1.807, 2.05) is 6.92 Å². The predicted molar refractivity (Wildman–Crippen MR) is 111 cm³/mol. The second-order valence-corrected chi connectivity index (χ2v) is 6.88. The summed E-state index contributed by atoms with van der Waals surface area (Å²) < 4.78 is 15.6. The second kappa shape index (κ2) is 16.1. The summed E-state index contributed by atoms with van der Waals surface area (Å²) in [6, 6.07) is 6.45. The highest BCUT2D eigenvalue weighted by atomic mass is 16.6. The molecule has 1 rings (SSSR count). The Morgan fingerprint density at radius 1 is 0.714 bits per heavy atom. The van der Waals surface area contributed by atoms with Gasteiger partial charge in [-0.05, 0) is 31.5 Å². The Bertz CT molecular complexity index is 556. The summed E-state index contributed by atoms with van der Waals surface area (Å²) in [5, 5.41) is 0. The average molecular weight is 393 g/mol. The zero-order valence-corrected chi connectivity index (χ0v) is 17.5. The molecule has 0 radical (unpaired) electrons. The van der Waals surface area contributed by atoms with Gasteiger partial charge in [0.25, 0.3) is 0 Å². The van der Waals surface area contributed by atoms with Gasteiger partial charge in [0.15, 0.2) is 0 Å². The normalized spacial score (nSPS) is 10.6. The van der Waals surface area contributed by atoms with Crippen LogP contribution in [-0.2, 0) is 14.2 Å². The minimum Gasteiger partial charge on any atom is -0.462 e. The maximum absolute atomic E-state index is 12.2. The van der Waals surface area contributed by atoms with Gasteiger partial charge in [0, 0.05) is 6.61 Å². The third-order valence-electron chi connectivity index (χ3n) is 4.48. The number of hydrogen-bond acceptors (Lipinski definition) is 5. The van der Waals surface area contributed by atoms with E-state index in [0.717, 1.165) is 12.8 Å². The number of carbonyl (C=O) groups is 2. The van der Waals surface area contributed by atoms with E-state index in [1.165, 1.54) is 51.0 Å². The van der Waals surface area contributed by atoms with E-state index in [-0.39, 0.29) is 6.61 Å². The lowest BCUT2D eigenvalue weighted by atomic mass is 10.1. The highest BCUT2D eigenvalue weighted by Gasteiger charge is 2.12. The molecule has 0 fully saturated rings. The Balaban J connectivity index is 2.21. The fourth-order valence-electron chi connectivity index (χ4n) is 2.86. The van der Waals surface area contributed by atoms with E-state index >= 15 is 0 Å². The second-order valence-electron chi connectivity index (χ2n) is 6.88. The first-order valence-electron chi connectivity index (χ1n) is 10.7. The van der Waals surface area contributed by atoms with E-state index in [2.05, 4.69) is 6.92 Å². The van der Waals surface area contributed by atoms with Gasteiger partial charge in [-0.15, -0.1) is 0 Å². The number of unbranched alkanes of at least 4 members (excludes halogenated alkanes) is 8. The maximum Gasteiger partial charge on any atom is 0.338 e. The van der Waals surface area contributed by atoms with Crippen LogP contribution in [0.3, 0.4) is 0 Å². The van der Waals surface area contributed by atoms with Crippen molar-refractivity contribution in [2.75, 3.05) is 26.4 Å². The zero-order valence-electron chi connectivity index (χ0n) is 17.5. The summed E-state index contributed by atoms with van der Waals surface area (Å²) in [5.41, 5.74) is 0.712. The van der Waals surface area contributed by atoms with E-state index in [4.69, 9.17) is 14.2 Å². The van der Waals surface area contributed by atoms with Crippen LogP contribution in [0.5, 0.6) is 0 Å². The molecule has 0 unspecified atom stereocenters. The summed E-state index contributed by atoms with van der Waals surface area (Å²) in [4.78, 5) is 24.2. The van der Waals surface area contributed by atoms with E-state index in [0.29, 0.717) is 30.9 Å². The van der Waals surface area contributed by atoms with Gasteiger partial charge in [-0.2, -0.15) is 0 Å². The molecule has 0 aromatic heterocycles. The summed E-state index contributed by atoms with van der Waals surface area (Å²) >= 11 is 0. The van der Waals surface area contributed by atoms with Crippen LogP contribution in [0.25, 0.3) is 0 Å². The van der Waals surface area contributed by atoms with Gasteiger partial charge in [0.05, 0.1) is 24.3 Å². The Labute approximate surface area is 169 Å². The van der Waals surface area contributed by atoms with Crippen molar-refractivity contribution in [3.8, 4) is 0 Å². The third kappa shape index (κ3) is 11.1. The van der Waals surface area contributed by atoms with Crippen molar-refractivity contribution in [1.29, 1.82) is 0 Å². The van der Waals surface area contributed by atoms with Crippen LogP contribution < -0.4 is 0 Å². The van der Waals surface area contributed by atoms with Crippen molar-refractivity contribution in [1.82, 2.24) is 0 Å². The van der Waals surface area contributed by atoms with Crippen molar-refractivity contribution in [2.45, 2.75) is 71.6 Å². The van der Waals surface area contributed by atoms with Crippen molar-refractivity contribution in [3.05, 3.63) is 35.4 Å². The van der Waals surface area contributed by atoms with Crippen LogP contribution in [0.2, 0.25) is 0 Å². The molecule has 28 heavy (non-hydrogen) atoms. The Hall–Kier alpha value is -1.88. The molecule has 5 heteroatoms. The molecule has 0 aliphatic carbocycles. The number of rotatable bonds is 16. The monoisotopic (exact) mass is 392 g/mol. The first-order chi connectivity index (χ1) is 13.7. The van der Waals surface area contributed by atoms with Gasteiger partial charge in [-0.25, -0.2) is 9.59 Å². The van der Waals surface area contributed by atoms with Crippen molar-refractivity contribution in [3.63, 3.8) is 0 Å². The molecule has 1 aromatic carbocycles. The molecule has 0 heterocycles. The van der Waals surface area contributed by atoms with E-state index < -0.39 is 11.9 Å². The highest BCUT2D eigenvalue weighted by Crippen LogP contribution is 2.11. The lowest BCUT2D eigenvalue weighted by Crippen LogP contribution is -2.12. The van der Waals surface area contributed by atoms with Gasteiger partial charge in [-0.3, -0.25) is 0 Å². The molecule has 0 saturated heterocycles. The molecule has 0 amide bonds. The smallest absolute Gasteiger partial charge is 0.338 e. The molecule has 0 atom stereocenters. The van der Waals surface area contributed by atoms with Crippen molar-refractivity contribution < 1.29 is 23.8 Å². The first kappa shape index (κ1) is 24.2. The van der Waals surface area contributed by atoms with E-state index in [1.54, 1.807) is 18.2 Å². The minimum atomic E-state index is -0.465. The Kier molecular flexibility index (Phi) is 13.9. The van der Waals surface area contributed by atoms with Crippen LogP contribution in [-0.4, -0.2) is 38.4 Å². The largest absolute Gasteiger partial charge is 0.462 e. The minimum absolute atomic E-state index is 0.194. The van der Waals surface area contributed by atoms with Crippen LogP contribution in [0.15, 0.2) is 24.3 Å². The molecule has 158 valence electrons. The predicted octanol–water partition coefficient (Wildman–Crippen LogP) is 5.57. The zero-order chi connectivity index (χ0) is 20.5. The lowest BCUT2D eigenvalue weighted by molar-refractivity contribution is 0.0335. The summed E-state index contributed by atoms with van der Waals surface area (Å²) in [6.07, 6.45) is 11.0. The molecule has 0 aliphatic rings. The number of benzene rings is 1. The fraction of sp³-hybridized carbons (Fsp3) is 0.652. The van der Waals surface area contributed by atoms with Gasteiger partial charge >= 0.3 is 11.9 Å². The number of hydrogen-bond donors (Lipinski definition) is 0. The number of esters is 2. The highest BCUT2D eigenvalue weighted by molar-refractivity contribution is 5.95. The van der Waals surface area contributed by atoms with E-state index in [9.17, 15) is 9.59 Å². The van der Waals surface area contributed by atoms with Crippen molar-refractivity contribution >= 4 is 11.9 Å². The molecular weight excluding hydrogens is 356 g/mol. The van der Waals surface area contributed by atoms with Gasteiger partial charge < -0.3 is 14.2 Å². The molecule has 0 aliphatic heterocycles. The first-order valence-corrected chi connectivity index (χ1v) is 10.7. The standard InChI is InChI=1S/C23H36O5/c1-3-5-6-7-8-9-10-11-12-16-27-22(24)20-14-13-15-21(19-20)23(25)28-18-17-26-4-2/h13-15,19H,3-12,16-18H2,1-2H3. The quantitative estimate of drug-likeness (QED) is 0.272. The summed E-state index contributed by atoms with van der Waals surface area (Å²) in [7, 11) is 0. The average Bonchev–Trinajstić information content (AvgIpc) is 2.72. The molecule has 1 aromatic rings. The van der Waals surface area contributed by atoms with Crippen LogP contribution in [0.4, 0.5) is 0 Å². The molecular formula is C23H36O5. The third-order valence-corrected chi connectivity index (χ3v) is 4.48. The lowest BCUT2D eigenvalue weighted by Gasteiger charge is -2.07. The molecule has 0 spiro atoms. The topological polar surface area (TPSA) is 61.8 Å². The molecule has 5 nitrogen and oxygen atoms in total. The van der Waals surface area contributed by atoms with Crippen LogP contribution >= 0.6 is 0 Å². The van der Waals surface area contributed by atoms with Gasteiger partial charge in [-0.1, -0.05) is 64.4 Å². The Morgan fingerprint density at radius 2 is 1.25 bits per heavy atom. The number of carbonyl (C=O) groups excluding carboxylic acids is 2. The van der Waals surface area contributed by atoms with Gasteiger partial charge in [0.1, 0.15) is 6.61 Å². The number of ether oxygens (including phenoxy) is 3. The van der Waals surface area contributed by atoms with Crippen molar-refractivity contribution in [2.24, 2.45) is 0 Å². The molecule has 0 N–H and O–H groups in total. The maximum atomic E-state index is 12.2. The molecule has 0 bridgehead atoms. The summed E-state index contributed by atoms with van der Waals surface area (Å²) in [6.45, 7) is 5.66. The SMILES string of the molecule is CCCCCCCCCCCOC(=O)c1cccc(C(=O)OCCOCC)c1. The fourth-order valence-corrected chi connectivity index (χ4v) is 2.86. The Morgan fingerprint density at radius 3 is 1.82 bits per heavy atom. The molecule has 0 saturated carbocycles. The van der Waals surface area contributed by atoms with Gasteiger partial charge in [0.2, 0.25) is 0 Å². The van der Waals surface area contributed by atoms with Crippen LogP contribution in [0, 0.1) is 0 Å². The summed E-state index contributed by atoms with van der Waals surface area (Å²) in [5.74, 6) is -0.864.